The van der Waals surface area contributed by atoms with E-state index in [9.17, 15) is 0 Å². The summed E-state index contributed by atoms with van der Waals surface area (Å²) in [5, 5.41) is 4.54. The van der Waals surface area contributed by atoms with E-state index >= 15 is 0 Å². The number of hydrogen-bond acceptors (Lipinski definition) is 3. The van der Waals surface area contributed by atoms with Crippen LogP contribution in [0.3, 0.4) is 0 Å². The molecule has 0 aliphatic heterocycles. The Morgan fingerprint density at radius 2 is 1.95 bits per heavy atom. The molecule has 0 fully saturated rings. The number of aryl methyl sites for hydroxylation is 1. The first kappa shape index (κ1) is 13.6. The predicted molar refractivity (Wildman–Crippen MR) is 76.4 cm³/mol. The zero-order chi connectivity index (χ0) is 13.7. The molecule has 19 heavy (non-hydrogen) atoms. The summed E-state index contributed by atoms with van der Waals surface area (Å²) in [6.07, 6.45) is 0.886. The lowest BCUT2D eigenvalue weighted by atomic mass is 10.1. The zero-order valence-corrected chi connectivity index (χ0v) is 11.6. The second kappa shape index (κ2) is 6.38. The van der Waals surface area contributed by atoms with Crippen LogP contribution in [0.25, 0.3) is 0 Å². The summed E-state index contributed by atoms with van der Waals surface area (Å²) in [7, 11) is 0. The summed E-state index contributed by atoms with van der Waals surface area (Å²) in [5.74, 6) is 0.895. The minimum atomic E-state index is 0.619. The Morgan fingerprint density at radius 1 is 1.21 bits per heavy atom. The molecule has 0 saturated heterocycles. The van der Waals surface area contributed by atoms with Gasteiger partial charge in [-0.25, -0.2) is 0 Å². The summed E-state index contributed by atoms with van der Waals surface area (Å²) in [5.41, 5.74) is 9.15. The molecule has 0 unspecified atom stereocenters. The molecule has 0 radical (unpaired) electrons. The summed E-state index contributed by atoms with van der Waals surface area (Å²) in [4.78, 5) is 0. The summed E-state index contributed by atoms with van der Waals surface area (Å²) in [6, 6.07) is 9.84. The second-order valence-corrected chi connectivity index (χ2v) is 4.57. The molecular formula is C15H21N3O. The summed E-state index contributed by atoms with van der Waals surface area (Å²) < 4.78 is 7.69. The molecule has 0 aliphatic rings. The normalized spacial score (nSPS) is 10.7. The van der Waals surface area contributed by atoms with Crippen LogP contribution in [0.1, 0.15) is 17.0 Å². The molecule has 0 bridgehead atoms. The van der Waals surface area contributed by atoms with Gasteiger partial charge in [-0.05, 0) is 44.5 Å². The Morgan fingerprint density at radius 3 is 2.63 bits per heavy atom. The number of benzene rings is 1. The van der Waals surface area contributed by atoms with E-state index in [1.807, 2.05) is 41.9 Å². The molecule has 0 atom stereocenters. The quantitative estimate of drug-likeness (QED) is 0.864. The lowest BCUT2D eigenvalue weighted by Crippen LogP contribution is -2.11. The van der Waals surface area contributed by atoms with Gasteiger partial charge >= 0.3 is 0 Å². The Balaban J connectivity index is 1.95. The number of ether oxygens (including phenoxy) is 1. The van der Waals surface area contributed by atoms with E-state index in [4.69, 9.17) is 10.5 Å². The molecule has 0 saturated carbocycles. The maximum absolute atomic E-state index is 5.69. The van der Waals surface area contributed by atoms with Crippen LogP contribution >= 0.6 is 0 Å². The first-order valence-electron chi connectivity index (χ1n) is 6.63. The Kier molecular flexibility index (Phi) is 4.58. The SMILES string of the molecule is Cc1nn(CCOc2ccccc2)c(C)c1CCN. The summed E-state index contributed by atoms with van der Waals surface area (Å²) in [6.45, 7) is 6.16. The lowest BCUT2D eigenvalue weighted by Gasteiger charge is -2.08. The van der Waals surface area contributed by atoms with E-state index in [-0.39, 0.29) is 0 Å². The third-order valence-electron chi connectivity index (χ3n) is 3.24. The number of para-hydroxylation sites is 1. The number of nitrogens with zero attached hydrogens (tertiary/aromatic N) is 2. The first-order valence-corrected chi connectivity index (χ1v) is 6.63. The number of aromatic nitrogens is 2. The number of nitrogens with two attached hydrogens (primary N) is 1. The third-order valence-corrected chi connectivity index (χ3v) is 3.24. The maximum Gasteiger partial charge on any atom is 0.119 e. The van der Waals surface area contributed by atoms with Crippen molar-refractivity contribution in [3.63, 3.8) is 0 Å². The van der Waals surface area contributed by atoms with Crippen molar-refractivity contribution in [2.75, 3.05) is 13.2 Å². The monoisotopic (exact) mass is 259 g/mol. The molecule has 0 aliphatic carbocycles. The standard InChI is InChI=1S/C15H21N3O/c1-12-15(8-9-16)13(2)18(17-12)10-11-19-14-6-4-3-5-7-14/h3-7H,8-11,16H2,1-2H3. The van der Waals surface area contributed by atoms with Gasteiger partial charge in [-0.2, -0.15) is 5.10 Å². The van der Waals surface area contributed by atoms with Crippen molar-refractivity contribution >= 4 is 0 Å². The van der Waals surface area contributed by atoms with E-state index in [1.165, 1.54) is 11.3 Å². The number of hydrogen-bond donors (Lipinski definition) is 1. The van der Waals surface area contributed by atoms with Gasteiger partial charge in [0.25, 0.3) is 0 Å². The third kappa shape index (κ3) is 3.35. The second-order valence-electron chi connectivity index (χ2n) is 4.57. The van der Waals surface area contributed by atoms with Crippen LogP contribution in [0.5, 0.6) is 5.75 Å². The fraction of sp³-hybridized carbons (Fsp3) is 0.400. The van der Waals surface area contributed by atoms with E-state index in [2.05, 4.69) is 12.0 Å². The maximum atomic E-state index is 5.69. The van der Waals surface area contributed by atoms with Gasteiger partial charge in [0, 0.05) is 5.69 Å². The Bertz CT molecular complexity index is 520. The Labute approximate surface area is 114 Å². The molecule has 0 spiro atoms. The van der Waals surface area contributed by atoms with Crippen molar-refractivity contribution in [1.29, 1.82) is 0 Å². The van der Waals surface area contributed by atoms with Crippen molar-refractivity contribution in [3.8, 4) is 5.75 Å². The van der Waals surface area contributed by atoms with Gasteiger partial charge in [0.1, 0.15) is 12.4 Å². The van der Waals surface area contributed by atoms with Crippen molar-refractivity contribution in [2.24, 2.45) is 5.73 Å². The molecule has 2 aromatic rings. The molecule has 2 N–H and O–H groups in total. The van der Waals surface area contributed by atoms with Crippen LogP contribution in [0.15, 0.2) is 30.3 Å². The molecule has 1 heterocycles. The van der Waals surface area contributed by atoms with Gasteiger partial charge < -0.3 is 10.5 Å². The van der Waals surface area contributed by atoms with Crippen molar-refractivity contribution in [3.05, 3.63) is 47.3 Å². The van der Waals surface area contributed by atoms with Gasteiger partial charge in [0.15, 0.2) is 0 Å². The molecule has 4 heteroatoms. The molecule has 102 valence electrons. The van der Waals surface area contributed by atoms with Crippen LogP contribution in [-0.4, -0.2) is 22.9 Å². The summed E-state index contributed by atoms with van der Waals surface area (Å²) >= 11 is 0. The Hall–Kier alpha value is -1.81. The van der Waals surface area contributed by atoms with E-state index < -0.39 is 0 Å². The molecule has 1 aromatic heterocycles. The minimum Gasteiger partial charge on any atom is -0.492 e. The lowest BCUT2D eigenvalue weighted by molar-refractivity contribution is 0.289. The molecule has 0 amide bonds. The zero-order valence-electron chi connectivity index (χ0n) is 11.6. The van der Waals surface area contributed by atoms with Gasteiger partial charge in [0.05, 0.1) is 12.2 Å². The smallest absolute Gasteiger partial charge is 0.119 e. The molecular weight excluding hydrogens is 238 g/mol. The van der Waals surface area contributed by atoms with E-state index in [0.29, 0.717) is 13.2 Å². The van der Waals surface area contributed by atoms with Crippen LogP contribution in [-0.2, 0) is 13.0 Å². The molecule has 4 nitrogen and oxygen atoms in total. The van der Waals surface area contributed by atoms with Crippen LogP contribution < -0.4 is 10.5 Å². The highest BCUT2D eigenvalue weighted by Crippen LogP contribution is 2.14. The van der Waals surface area contributed by atoms with E-state index in [0.717, 1.165) is 24.4 Å². The van der Waals surface area contributed by atoms with Crippen molar-refractivity contribution < 1.29 is 4.74 Å². The van der Waals surface area contributed by atoms with Gasteiger partial charge in [-0.15, -0.1) is 0 Å². The van der Waals surface area contributed by atoms with Crippen LogP contribution in [0, 0.1) is 13.8 Å². The topological polar surface area (TPSA) is 53.1 Å². The van der Waals surface area contributed by atoms with Gasteiger partial charge in [-0.3, -0.25) is 4.68 Å². The fourth-order valence-corrected chi connectivity index (χ4v) is 2.22. The highest BCUT2D eigenvalue weighted by molar-refractivity contribution is 5.25. The van der Waals surface area contributed by atoms with Gasteiger partial charge in [0.2, 0.25) is 0 Å². The molecule has 2 rings (SSSR count). The van der Waals surface area contributed by atoms with Crippen LogP contribution in [0.4, 0.5) is 0 Å². The van der Waals surface area contributed by atoms with E-state index in [1.54, 1.807) is 0 Å². The highest BCUT2D eigenvalue weighted by atomic mass is 16.5. The fourth-order valence-electron chi connectivity index (χ4n) is 2.22. The van der Waals surface area contributed by atoms with Crippen molar-refractivity contribution in [2.45, 2.75) is 26.8 Å². The molecule has 1 aromatic carbocycles. The van der Waals surface area contributed by atoms with Crippen LogP contribution in [0.2, 0.25) is 0 Å². The average molecular weight is 259 g/mol. The number of rotatable bonds is 6. The highest BCUT2D eigenvalue weighted by Gasteiger charge is 2.10. The predicted octanol–water partition coefficient (Wildman–Crippen LogP) is 2.08. The largest absolute Gasteiger partial charge is 0.492 e. The van der Waals surface area contributed by atoms with Crippen molar-refractivity contribution in [1.82, 2.24) is 9.78 Å². The first-order chi connectivity index (χ1) is 9.22. The minimum absolute atomic E-state index is 0.619. The van der Waals surface area contributed by atoms with Gasteiger partial charge in [-0.1, -0.05) is 18.2 Å². The average Bonchev–Trinajstić information content (AvgIpc) is 2.68.